The molecule has 0 heterocycles. The second-order valence-electron chi connectivity index (χ2n) is 2.61. The van der Waals surface area contributed by atoms with Crippen LogP contribution < -0.4 is 5.73 Å². The third kappa shape index (κ3) is 2.21. The zero-order valence-electron chi connectivity index (χ0n) is 6.70. The second-order valence-corrected chi connectivity index (χ2v) is 3.02. The molecule has 0 aliphatic carbocycles. The Kier molecular flexibility index (Phi) is 3.53. The summed E-state index contributed by atoms with van der Waals surface area (Å²) >= 11 is 5.85. The molecule has 0 amide bonds. The van der Waals surface area contributed by atoms with Gasteiger partial charge in [-0.1, -0.05) is 29.8 Å². The van der Waals surface area contributed by atoms with Crippen LogP contribution in [0.3, 0.4) is 0 Å². The van der Waals surface area contributed by atoms with Gasteiger partial charge in [0.15, 0.2) is 0 Å². The normalized spacial score (nSPS) is 12.9. The third-order valence-corrected chi connectivity index (χ3v) is 2.05. The van der Waals surface area contributed by atoms with Gasteiger partial charge in [-0.2, -0.15) is 0 Å². The molecule has 1 aromatic rings. The van der Waals surface area contributed by atoms with Crippen molar-refractivity contribution in [2.24, 2.45) is 5.73 Å². The molecule has 0 saturated heterocycles. The lowest BCUT2D eigenvalue weighted by Gasteiger charge is -2.10. The highest BCUT2D eigenvalue weighted by Crippen LogP contribution is 2.23. The number of aliphatic hydroxyl groups excluding tert-OH is 1. The molecule has 0 bridgehead atoms. The monoisotopic (exact) mass is 185 g/mol. The molecule has 0 spiro atoms. The van der Waals surface area contributed by atoms with Gasteiger partial charge in [-0.25, -0.2) is 0 Å². The Balaban J connectivity index is 2.79. The predicted molar refractivity (Wildman–Crippen MR) is 50.1 cm³/mol. The largest absolute Gasteiger partial charge is 0.388 e. The first-order chi connectivity index (χ1) is 5.75. The minimum atomic E-state index is -0.538. The molecule has 12 heavy (non-hydrogen) atoms. The quantitative estimate of drug-likeness (QED) is 0.754. The van der Waals surface area contributed by atoms with Gasteiger partial charge in [0.25, 0.3) is 0 Å². The lowest BCUT2D eigenvalue weighted by Crippen LogP contribution is -2.06. The van der Waals surface area contributed by atoms with E-state index < -0.39 is 6.10 Å². The van der Waals surface area contributed by atoms with Crippen LogP contribution in [0.15, 0.2) is 24.3 Å². The molecule has 0 fully saturated rings. The summed E-state index contributed by atoms with van der Waals surface area (Å²) in [6, 6.07) is 7.25. The van der Waals surface area contributed by atoms with Crippen LogP contribution in [-0.4, -0.2) is 11.7 Å². The van der Waals surface area contributed by atoms with E-state index in [0.29, 0.717) is 18.0 Å². The van der Waals surface area contributed by atoms with E-state index in [-0.39, 0.29) is 0 Å². The van der Waals surface area contributed by atoms with E-state index in [1.807, 2.05) is 18.2 Å². The predicted octanol–water partition coefficient (Wildman–Crippen LogP) is 1.72. The number of hydrogen-bond acceptors (Lipinski definition) is 2. The Hall–Kier alpha value is -0.570. The zero-order chi connectivity index (χ0) is 8.97. The van der Waals surface area contributed by atoms with Crippen molar-refractivity contribution in [3.63, 3.8) is 0 Å². The summed E-state index contributed by atoms with van der Waals surface area (Å²) in [5, 5.41) is 10.1. The van der Waals surface area contributed by atoms with Crippen LogP contribution in [0.2, 0.25) is 5.02 Å². The Morgan fingerprint density at radius 1 is 1.42 bits per heavy atom. The lowest BCUT2D eigenvalue weighted by molar-refractivity contribution is 0.170. The zero-order valence-corrected chi connectivity index (χ0v) is 7.46. The molecule has 66 valence electrons. The molecular weight excluding hydrogens is 174 g/mol. The minimum absolute atomic E-state index is 0.465. The molecule has 3 N–H and O–H groups in total. The molecule has 0 saturated carbocycles. The summed E-state index contributed by atoms with van der Waals surface area (Å²) in [7, 11) is 0. The van der Waals surface area contributed by atoms with Gasteiger partial charge in [-0.15, -0.1) is 0 Å². The van der Waals surface area contributed by atoms with Gasteiger partial charge in [0, 0.05) is 5.02 Å². The van der Waals surface area contributed by atoms with Gasteiger partial charge in [0.2, 0.25) is 0 Å². The van der Waals surface area contributed by atoms with Gasteiger partial charge < -0.3 is 10.8 Å². The average Bonchev–Trinajstić information content (AvgIpc) is 2.05. The molecule has 1 aromatic carbocycles. The van der Waals surface area contributed by atoms with Gasteiger partial charge >= 0.3 is 0 Å². The fraction of sp³-hybridized carbons (Fsp3) is 0.333. The molecule has 0 aliphatic rings. The van der Waals surface area contributed by atoms with Crippen LogP contribution in [0, 0.1) is 0 Å². The first-order valence-corrected chi connectivity index (χ1v) is 4.26. The number of aliphatic hydroxyl groups is 1. The maximum absolute atomic E-state index is 9.54. The number of benzene rings is 1. The Morgan fingerprint density at radius 3 is 2.67 bits per heavy atom. The van der Waals surface area contributed by atoms with Crippen LogP contribution in [-0.2, 0) is 0 Å². The molecule has 1 atom stereocenters. The maximum Gasteiger partial charge on any atom is 0.0816 e. The van der Waals surface area contributed by atoms with Gasteiger partial charge in [0.05, 0.1) is 6.10 Å². The first kappa shape index (κ1) is 9.52. The summed E-state index contributed by atoms with van der Waals surface area (Å²) < 4.78 is 0. The van der Waals surface area contributed by atoms with Gasteiger partial charge in [-0.3, -0.25) is 0 Å². The van der Waals surface area contributed by atoms with Crippen molar-refractivity contribution in [2.45, 2.75) is 12.5 Å². The van der Waals surface area contributed by atoms with Gasteiger partial charge in [-0.05, 0) is 24.6 Å². The molecule has 0 aliphatic heterocycles. The summed E-state index contributed by atoms with van der Waals surface area (Å²) in [4.78, 5) is 0. The standard InChI is InChI=1S/C9H12ClNO/c10-8-4-2-1-3-7(8)9(12)5-6-11/h1-4,9,12H,5-6,11H2/t9-/m0/s1. The van der Waals surface area contributed by atoms with E-state index in [2.05, 4.69) is 0 Å². The fourth-order valence-electron chi connectivity index (χ4n) is 1.06. The molecule has 1 rings (SSSR count). The van der Waals surface area contributed by atoms with E-state index in [1.165, 1.54) is 0 Å². The van der Waals surface area contributed by atoms with Crippen LogP contribution in [0.4, 0.5) is 0 Å². The van der Waals surface area contributed by atoms with E-state index in [0.717, 1.165) is 5.56 Å². The van der Waals surface area contributed by atoms with Crippen LogP contribution in [0.25, 0.3) is 0 Å². The van der Waals surface area contributed by atoms with Crippen LogP contribution in [0.5, 0.6) is 0 Å². The third-order valence-electron chi connectivity index (χ3n) is 1.70. The molecule has 0 unspecified atom stereocenters. The van der Waals surface area contributed by atoms with E-state index in [4.69, 9.17) is 17.3 Å². The van der Waals surface area contributed by atoms with Crippen molar-refractivity contribution >= 4 is 11.6 Å². The number of rotatable bonds is 3. The fourth-order valence-corrected chi connectivity index (χ4v) is 1.32. The smallest absolute Gasteiger partial charge is 0.0816 e. The van der Waals surface area contributed by atoms with Crippen molar-refractivity contribution in [1.29, 1.82) is 0 Å². The number of nitrogens with two attached hydrogens (primary N) is 1. The second kappa shape index (κ2) is 4.45. The molecule has 0 radical (unpaired) electrons. The summed E-state index contributed by atoms with van der Waals surface area (Å²) in [6.45, 7) is 0.465. The van der Waals surface area contributed by atoms with Crippen molar-refractivity contribution in [1.82, 2.24) is 0 Å². The van der Waals surface area contributed by atoms with Crippen molar-refractivity contribution < 1.29 is 5.11 Å². The molecule has 3 heteroatoms. The first-order valence-electron chi connectivity index (χ1n) is 3.88. The highest BCUT2D eigenvalue weighted by Gasteiger charge is 2.08. The van der Waals surface area contributed by atoms with Crippen molar-refractivity contribution in [3.8, 4) is 0 Å². The van der Waals surface area contributed by atoms with E-state index >= 15 is 0 Å². The van der Waals surface area contributed by atoms with E-state index in [9.17, 15) is 5.11 Å². The number of halogens is 1. The van der Waals surface area contributed by atoms with Gasteiger partial charge in [0.1, 0.15) is 0 Å². The van der Waals surface area contributed by atoms with Crippen molar-refractivity contribution in [2.75, 3.05) is 6.54 Å². The Bertz CT molecular complexity index is 252. The molecule has 2 nitrogen and oxygen atoms in total. The SMILES string of the molecule is NCC[C@H](O)c1ccccc1Cl. The molecule has 0 aromatic heterocycles. The Morgan fingerprint density at radius 2 is 2.08 bits per heavy atom. The summed E-state index contributed by atoms with van der Waals surface area (Å²) in [5.74, 6) is 0. The lowest BCUT2D eigenvalue weighted by atomic mass is 10.1. The number of hydrogen-bond donors (Lipinski definition) is 2. The van der Waals surface area contributed by atoms with Crippen LogP contribution in [0.1, 0.15) is 18.1 Å². The maximum atomic E-state index is 9.54. The molecular formula is C9H12ClNO. The average molecular weight is 186 g/mol. The highest BCUT2D eigenvalue weighted by molar-refractivity contribution is 6.31. The highest BCUT2D eigenvalue weighted by atomic mass is 35.5. The van der Waals surface area contributed by atoms with E-state index in [1.54, 1.807) is 6.07 Å². The van der Waals surface area contributed by atoms with Crippen LogP contribution >= 0.6 is 11.6 Å². The Labute approximate surface area is 77.0 Å². The summed E-state index contributed by atoms with van der Waals surface area (Å²) in [5.41, 5.74) is 6.07. The minimum Gasteiger partial charge on any atom is -0.388 e. The summed E-state index contributed by atoms with van der Waals surface area (Å²) in [6.07, 6.45) is 0.00713. The van der Waals surface area contributed by atoms with Crippen molar-refractivity contribution in [3.05, 3.63) is 34.9 Å². The topological polar surface area (TPSA) is 46.2 Å².